The molecule has 7 heteroatoms. The van der Waals surface area contributed by atoms with E-state index in [1.807, 2.05) is 12.1 Å². The molecule has 2 saturated heterocycles. The maximum Gasteiger partial charge on any atom is 0.254 e. The van der Waals surface area contributed by atoms with Crippen molar-refractivity contribution in [1.29, 1.82) is 0 Å². The highest BCUT2D eigenvalue weighted by molar-refractivity contribution is 6.42. The third-order valence-electron chi connectivity index (χ3n) is 7.70. The van der Waals surface area contributed by atoms with Gasteiger partial charge in [0.15, 0.2) is 0 Å². The summed E-state index contributed by atoms with van der Waals surface area (Å²) >= 11 is 12.6. The Balaban J connectivity index is 1.32. The van der Waals surface area contributed by atoms with Gasteiger partial charge in [-0.15, -0.1) is 0 Å². The van der Waals surface area contributed by atoms with Crippen LogP contribution >= 0.6 is 23.2 Å². The number of benzene rings is 3. The molecule has 0 radical (unpaired) electrons. The molecule has 2 fully saturated rings. The van der Waals surface area contributed by atoms with Crippen molar-refractivity contribution >= 4 is 29.1 Å². The van der Waals surface area contributed by atoms with Crippen molar-refractivity contribution in [3.63, 3.8) is 0 Å². The summed E-state index contributed by atoms with van der Waals surface area (Å²) in [5, 5.41) is 0.950. The lowest BCUT2D eigenvalue weighted by Crippen LogP contribution is -2.53. The van der Waals surface area contributed by atoms with Crippen molar-refractivity contribution in [2.45, 2.75) is 30.8 Å². The van der Waals surface area contributed by atoms with Crippen LogP contribution in [0.1, 0.15) is 46.7 Å². The van der Waals surface area contributed by atoms with Crippen molar-refractivity contribution in [2.75, 3.05) is 39.3 Å². The summed E-state index contributed by atoms with van der Waals surface area (Å²) in [6, 6.07) is 22.0. The topological polar surface area (TPSA) is 32.8 Å². The minimum Gasteiger partial charge on any atom is -0.367 e. The monoisotopic (exact) mass is 540 g/mol. The second kappa shape index (κ2) is 11.5. The van der Waals surface area contributed by atoms with E-state index in [0.29, 0.717) is 47.6 Å². The van der Waals surface area contributed by atoms with Crippen LogP contribution in [0.25, 0.3) is 0 Å². The van der Waals surface area contributed by atoms with E-state index in [0.717, 1.165) is 38.0 Å². The van der Waals surface area contributed by atoms with Crippen LogP contribution < -0.4 is 0 Å². The summed E-state index contributed by atoms with van der Waals surface area (Å²) < 4.78 is 19.9. The lowest BCUT2D eigenvalue weighted by atomic mass is 9.86. The second-order valence-corrected chi connectivity index (χ2v) is 10.8. The van der Waals surface area contributed by atoms with Crippen molar-refractivity contribution in [3.8, 4) is 0 Å². The maximum absolute atomic E-state index is 13.4. The summed E-state index contributed by atoms with van der Waals surface area (Å²) in [5.74, 6) is 0.104. The van der Waals surface area contributed by atoms with Crippen LogP contribution in [-0.2, 0) is 10.3 Å². The van der Waals surface area contributed by atoms with Gasteiger partial charge in [-0.25, -0.2) is 4.39 Å². The molecular formula is C30H31Cl2FN2O2. The Morgan fingerprint density at radius 1 is 0.946 bits per heavy atom. The molecule has 5 rings (SSSR count). The van der Waals surface area contributed by atoms with Gasteiger partial charge < -0.3 is 14.5 Å². The quantitative estimate of drug-likeness (QED) is 0.345. The smallest absolute Gasteiger partial charge is 0.254 e. The van der Waals surface area contributed by atoms with Gasteiger partial charge in [0.25, 0.3) is 5.91 Å². The van der Waals surface area contributed by atoms with Gasteiger partial charge in [-0.05, 0) is 85.8 Å². The Labute approximate surface area is 227 Å². The molecule has 3 aromatic carbocycles. The molecular weight excluding hydrogens is 510 g/mol. The van der Waals surface area contributed by atoms with Gasteiger partial charge >= 0.3 is 0 Å². The van der Waals surface area contributed by atoms with Crippen LogP contribution in [0, 0.1) is 5.82 Å². The number of likely N-dealkylation sites (tertiary alicyclic amines) is 1. The minimum atomic E-state index is -0.710. The van der Waals surface area contributed by atoms with Crippen molar-refractivity contribution in [2.24, 2.45) is 0 Å². The lowest BCUT2D eigenvalue weighted by molar-refractivity contribution is -0.113. The first-order valence-corrected chi connectivity index (χ1v) is 13.6. The number of nitrogens with zero attached hydrogens (tertiary/aromatic N) is 2. The Morgan fingerprint density at radius 2 is 1.68 bits per heavy atom. The third kappa shape index (κ3) is 6.01. The van der Waals surface area contributed by atoms with Crippen LogP contribution in [0.15, 0.2) is 72.8 Å². The fraction of sp³-hybridized carbons (Fsp3) is 0.367. The highest BCUT2D eigenvalue weighted by Crippen LogP contribution is 2.38. The molecule has 1 unspecified atom stereocenters. The molecule has 0 spiro atoms. The van der Waals surface area contributed by atoms with E-state index in [4.69, 9.17) is 27.9 Å². The number of piperidine rings is 1. The molecule has 1 atom stereocenters. The van der Waals surface area contributed by atoms with Gasteiger partial charge in [-0.1, -0.05) is 59.6 Å². The zero-order chi connectivity index (χ0) is 25.8. The maximum atomic E-state index is 13.4. The van der Waals surface area contributed by atoms with Gasteiger partial charge in [0.05, 0.1) is 23.2 Å². The molecule has 2 aliphatic heterocycles. The van der Waals surface area contributed by atoms with Crippen LogP contribution in [0.3, 0.4) is 0 Å². The number of halogens is 3. The van der Waals surface area contributed by atoms with Crippen LogP contribution in [0.2, 0.25) is 10.0 Å². The molecule has 0 N–H and O–H groups in total. The average Bonchev–Trinajstić information content (AvgIpc) is 2.94. The van der Waals surface area contributed by atoms with E-state index in [1.165, 1.54) is 29.8 Å². The van der Waals surface area contributed by atoms with E-state index >= 15 is 0 Å². The fourth-order valence-corrected chi connectivity index (χ4v) is 5.83. The van der Waals surface area contributed by atoms with Gasteiger partial charge in [0.2, 0.25) is 0 Å². The number of rotatable bonds is 6. The predicted octanol–water partition coefficient (Wildman–Crippen LogP) is 6.77. The molecule has 2 heterocycles. The van der Waals surface area contributed by atoms with E-state index < -0.39 is 5.60 Å². The highest BCUT2D eigenvalue weighted by atomic mass is 35.5. The third-order valence-corrected chi connectivity index (χ3v) is 8.44. The van der Waals surface area contributed by atoms with Crippen LogP contribution in [0.4, 0.5) is 4.39 Å². The summed E-state index contributed by atoms with van der Waals surface area (Å²) in [6.07, 6.45) is 2.97. The molecule has 1 amide bonds. The Hall–Kier alpha value is -2.44. The predicted molar refractivity (Wildman–Crippen MR) is 146 cm³/mol. The first-order valence-electron chi connectivity index (χ1n) is 12.9. The zero-order valence-corrected chi connectivity index (χ0v) is 22.2. The highest BCUT2D eigenvalue weighted by Gasteiger charge is 2.41. The number of amides is 1. The Morgan fingerprint density at radius 3 is 2.38 bits per heavy atom. The van der Waals surface area contributed by atoms with Crippen molar-refractivity contribution < 1.29 is 13.9 Å². The van der Waals surface area contributed by atoms with Crippen molar-refractivity contribution in [1.82, 2.24) is 9.80 Å². The molecule has 3 aromatic rings. The first kappa shape index (κ1) is 26.2. The van der Waals surface area contributed by atoms with Gasteiger partial charge in [0, 0.05) is 18.7 Å². The standard InChI is InChI=1S/C30H31Cl2FN2O2/c31-27-11-8-25(20-28(27)32)30(14-17-34-15-12-23(13-16-34)22-4-2-1-3-5-22)21-35(18-19-37-30)29(36)24-6-9-26(33)10-7-24/h1-11,20,23H,12-19,21H2. The lowest BCUT2D eigenvalue weighted by Gasteiger charge is -2.44. The molecule has 4 nitrogen and oxygen atoms in total. The van der Waals surface area contributed by atoms with E-state index in [2.05, 4.69) is 35.2 Å². The van der Waals surface area contributed by atoms with Crippen LogP contribution in [-0.4, -0.2) is 55.0 Å². The molecule has 0 aliphatic carbocycles. The van der Waals surface area contributed by atoms with Gasteiger partial charge in [-0.3, -0.25) is 4.79 Å². The number of hydrogen-bond acceptors (Lipinski definition) is 3. The summed E-state index contributed by atoms with van der Waals surface area (Å²) in [5.41, 5.74) is 2.09. The SMILES string of the molecule is O=C(c1ccc(F)cc1)N1CCOC(CCN2CCC(c3ccccc3)CC2)(c2ccc(Cl)c(Cl)c2)C1. The molecule has 37 heavy (non-hydrogen) atoms. The Kier molecular flexibility index (Phi) is 8.15. The molecule has 0 aromatic heterocycles. The van der Waals surface area contributed by atoms with E-state index in [1.54, 1.807) is 11.0 Å². The first-order chi connectivity index (χ1) is 17.9. The normalized spacial score (nSPS) is 21.2. The number of carbonyl (C=O) groups excluding carboxylic acids is 1. The van der Waals surface area contributed by atoms with Crippen molar-refractivity contribution in [3.05, 3.63) is 105 Å². The fourth-order valence-electron chi connectivity index (χ4n) is 5.54. The summed E-state index contributed by atoms with van der Waals surface area (Å²) in [4.78, 5) is 17.6. The molecule has 2 aliphatic rings. The number of hydrogen-bond donors (Lipinski definition) is 0. The number of carbonyl (C=O) groups is 1. The molecule has 0 bridgehead atoms. The summed E-state index contributed by atoms with van der Waals surface area (Å²) in [6.45, 7) is 4.16. The van der Waals surface area contributed by atoms with E-state index in [-0.39, 0.29) is 11.7 Å². The minimum absolute atomic E-state index is 0.128. The average molecular weight is 541 g/mol. The van der Waals surface area contributed by atoms with Crippen LogP contribution in [0.5, 0.6) is 0 Å². The second-order valence-electron chi connectivity index (χ2n) is 9.98. The largest absolute Gasteiger partial charge is 0.367 e. The van der Waals surface area contributed by atoms with E-state index in [9.17, 15) is 9.18 Å². The van der Waals surface area contributed by atoms with Gasteiger partial charge in [-0.2, -0.15) is 0 Å². The molecule has 0 saturated carbocycles. The zero-order valence-electron chi connectivity index (χ0n) is 20.7. The number of morpholine rings is 1. The summed E-state index contributed by atoms with van der Waals surface area (Å²) in [7, 11) is 0. The van der Waals surface area contributed by atoms with Gasteiger partial charge in [0.1, 0.15) is 11.4 Å². The Bertz CT molecular complexity index is 1220. The number of ether oxygens (including phenoxy) is 1. The molecule has 194 valence electrons.